The number of rotatable bonds is 4. The van der Waals surface area contributed by atoms with Gasteiger partial charge in [-0.05, 0) is 30.0 Å². The molecule has 3 nitrogen and oxygen atoms in total. The summed E-state index contributed by atoms with van der Waals surface area (Å²) in [5, 5.41) is 9.89. The molecule has 1 aromatic rings. The second-order valence-electron chi connectivity index (χ2n) is 4.02. The monoisotopic (exact) mass is 194 g/mol. The van der Waals surface area contributed by atoms with E-state index in [1.165, 1.54) is 0 Å². The number of nitrogens with zero attached hydrogens (tertiary/aromatic N) is 1. The Hall–Kier alpha value is -0.930. The summed E-state index contributed by atoms with van der Waals surface area (Å²) < 4.78 is 0. The Bertz CT molecular complexity index is 261. The van der Waals surface area contributed by atoms with Crippen molar-refractivity contribution in [2.45, 2.75) is 32.4 Å². The molecule has 78 valence electrons. The number of pyridine rings is 1. The van der Waals surface area contributed by atoms with Gasteiger partial charge >= 0.3 is 0 Å². The highest BCUT2D eigenvalue weighted by Gasteiger charge is 2.17. The van der Waals surface area contributed by atoms with Gasteiger partial charge in [0.1, 0.15) is 0 Å². The predicted octanol–water partition coefficient (Wildman–Crippen LogP) is 1.49. The van der Waals surface area contributed by atoms with E-state index in [0.717, 1.165) is 12.0 Å². The van der Waals surface area contributed by atoms with Crippen molar-refractivity contribution in [1.29, 1.82) is 0 Å². The minimum Gasteiger partial charge on any atom is -0.387 e. The van der Waals surface area contributed by atoms with E-state index in [-0.39, 0.29) is 6.04 Å². The number of aromatic nitrogens is 1. The molecule has 0 fully saturated rings. The van der Waals surface area contributed by atoms with Gasteiger partial charge in [0.15, 0.2) is 0 Å². The third-order valence-corrected chi connectivity index (χ3v) is 2.20. The molecule has 0 amide bonds. The highest BCUT2D eigenvalue weighted by atomic mass is 16.3. The molecule has 3 heteroatoms. The number of nitrogens with two attached hydrogens (primary N) is 1. The Labute approximate surface area is 85.0 Å². The topological polar surface area (TPSA) is 59.1 Å². The van der Waals surface area contributed by atoms with Crippen LogP contribution in [0.1, 0.15) is 31.9 Å². The van der Waals surface area contributed by atoms with E-state index in [9.17, 15) is 5.11 Å². The second-order valence-corrected chi connectivity index (χ2v) is 4.02. The van der Waals surface area contributed by atoms with Crippen LogP contribution >= 0.6 is 0 Å². The molecule has 0 radical (unpaired) electrons. The van der Waals surface area contributed by atoms with Crippen LogP contribution in [-0.2, 0) is 0 Å². The SMILES string of the molecule is CC(C)CC(N)C(O)c1ccncc1. The molecule has 1 aromatic heterocycles. The van der Waals surface area contributed by atoms with Gasteiger partial charge < -0.3 is 10.8 Å². The molecule has 0 spiro atoms. The maximum absolute atomic E-state index is 9.89. The van der Waals surface area contributed by atoms with Crippen LogP contribution in [0.3, 0.4) is 0 Å². The minimum atomic E-state index is -0.583. The lowest BCUT2D eigenvalue weighted by Gasteiger charge is -2.20. The Kier molecular flexibility index (Phi) is 4.04. The molecule has 0 aromatic carbocycles. The first kappa shape index (κ1) is 11.1. The Morgan fingerprint density at radius 3 is 2.43 bits per heavy atom. The van der Waals surface area contributed by atoms with Crippen molar-refractivity contribution in [3.8, 4) is 0 Å². The summed E-state index contributed by atoms with van der Waals surface area (Å²) >= 11 is 0. The molecule has 3 N–H and O–H groups in total. The van der Waals surface area contributed by atoms with Gasteiger partial charge in [-0.15, -0.1) is 0 Å². The lowest BCUT2D eigenvalue weighted by molar-refractivity contribution is 0.136. The van der Waals surface area contributed by atoms with Gasteiger partial charge in [0.2, 0.25) is 0 Å². The average Bonchev–Trinajstić information content (AvgIpc) is 2.17. The number of hydrogen-bond acceptors (Lipinski definition) is 3. The maximum Gasteiger partial charge on any atom is 0.0942 e. The third kappa shape index (κ3) is 3.09. The highest BCUT2D eigenvalue weighted by molar-refractivity contribution is 5.14. The molecule has 0 saturated heterocycles. The predicted molar refractivity (Wildman–Crippen MR) is 56.6 cm³/mol. The van der Waals surface area contributed by atoms with Crippen molar-refractivity contribution in [2.24, 2.45) is 11.7 Å². The van der Waals surface area contributed by atoms with Gasteiger partial charge in [0.05, 0.1) is 6.10 Å². The van der Waals surface area contributed by atoms with Crippen LogP contribution in [0.2, 0.25) is 0 Å². The van der Waals surface area contributed by atoms with Gasteiger partial charge in [0, 0.05) is 18.4 Å². The quantitative estimate of drug-likeness (QED) is 0.763. The summed E-state index contributed by atoms with van der Waals surface area (Å²) in [6.07, 6.45) is 3.57. The maximum atomic E-state index is 9.89. The van der Waals surface area contributed by atoms with Gasteiger partial charge in [-0.25, -0.2) is 0 Å². The third-order valence-electron chi connectivity index (χ3n) is 2.20. The van der Waals surface area contributed by atoms with E-state index in [4.69, 9.17) is 5.73 Å². The Morgan fingerprint density at radius 2 is 1.93 bits per heavy atom. The Morgan fingerprint density at radius 1 is 1.36 bits per heavy atom. The second kappa shape index (κ2) is 5.08. The molecule has 1 heterocycles. The van der Waals surface area contributed by atoms with E-state index < -0.39 is 6.10 Å². The van der Waals surface area contributed by atoms with Crippen molar-refractivity contribution in [3.05, 3.63) is 30.1 Å². The number of hydrogen-bond donors (Lipinski definition) is 2. The molecule has 0 bridgehead atoms. The van der Waals surface area contributed by atoms with Crippen molar-refractivity contribution < 1.29 is 5.11 Å². The van der Waals surface area contributed by atoms with Gasteiger partial charge in [0.25, 0.3) is 0 Å². The Balaban J connectivity index is 2.61. The first-order valence-corrected chi connectivity index (χ1v) is 4.95. The lowest BCUT2D eigenvalue weighted by atomic mass is 9.96. The van der Waals surface area contributed by atoms with E-state index in [1.807, 2.05) is 0 Å². The van der Waals surface area contributed by atoms with E-state index in [1.54, 1.807) is 24.5 Å². The van der Waals surface area contributed by atoms with Crippen molar-refractivity contribution in [2.75, 3.05) is 0 Å². The molecular formula is C11H18N2O. The van der Waals surface area contributed by atoms with Crippen LogP contribution in [-0.4, -0.2) is 16.1 Å². The van der Waals surface area contributed by atoms with Crippen LogP contribution in [0.4, 0.5) is 0 Å². The molecule has 0 saturated carbocycles. The molecular weight excluding hydrogens is 176 g/mol. The van der Waals surface area contributed by atoms with E-state index >= 15 is 0 Å². The minimum absolute atomic E-state index is 0.197. The normalized spacial score (nSPS) is 15.5. The zero-order valence-corrected chi connectivity index (χ0v) is 8.72. The van der Waals surface area contributed by atoms with Crippen molar-refractivity contribution >= 4 is 0 Å². The molecule has 0 aliphatic carbocycles. The lowest BCUT2D eigenvalue weighted by Crippen LogP contribution is -2.29. The zero-order chi connectivity index (χ0) is 10.6. The number of aliphatic hydroxyl groups excluding tert-OH is 1. The van der Waals surface area contributed by atoms with Gasteiger partial charge in [-0.1, -0.05) is 13.8 Å². The average molecular weight is 194 g/mol. The smallest absolute Gasteiger partial charge is 0.0942 e. The number of aliphatic hydroxyl groups is 1. The summed E-state index contributed by atoms with van der Waals surface area (Å²) in [6.45, 7) is 4.19. The van der Waals surface area contributed by atoms with Crippen LogP contribution in [0.15, 0.2) is 24.5 Å². The summed E-state index contributed by atoms with van der Waals surface area (Å²) in [5.41, 5.74) is 6.72. The fraction of sp³-hybridized carbons (Fsp3) is 0.545. The molecule has 2 unspecified atom stereocenters. The zero-order valence-electron chi connectivity index (χ0n) is 8.72. The first-order chi connectivity index (χ1) is 6.61. The van der Waals surface area contributed by atoms with Crippen molar-refractivity contribution in [1.82, 2.24) is 4.98 Å². The van der Waals surface area contributed by atoms with E-state index in [2.05, 4.69) is 18.8 Å². The van der Waals surface area contributed by atoms with Crippen molar-refractivity contribution in [3.63, 3.8) is 0 Å². The van der Waals surface area contributed by atoms with Crippen LogP contribution in [0, 0.1) is 5.92 Å². The summed E-state index contributed by atoms with van der Waals surface area (Å²) in [7, 11) is 0. The fourth-order valence-corrected chi connectivity index (χ4v) is 1.48. The molecule has 14 heavy (non-hydrogen) atoms. The van der Waals surface area contributed by atoms with E-state index in [0.29, 0.717) is 5.92 Å². The first-order valence-electron chi connectivity index (χ1n) is 4.95. The summed E-state index contributed by atoms with van der Waals surface area (Å²) in [4.78, 5) is 3.90. The van der Waals surface area contributed by atoms with Crippen LogP contribution in [0.5, 0.6) is 0 Å². The van der Waals surface area contributed by atoms with Gasteiger partial charge in [-0.3, -0.25) is 4.98 Å². The molecule has 0 aliphatic rings. The molecule has 2 atom stereocenters. The van der Waals surface area contributed by atoms with Crippen LogP contribution in [0.25, 0.3) is 0 Å². The molecule has 1 rings (SSSR count). The highest BCUT2D eigenvalue weighted by Crippen LogP contribution is 2.18. The largest absolute Gasteiger partial charge is 0.387 e. The summed E-state index contributed by atoms with van der Waals surface area (Å²) in [5.74, 6) is 0.501. The van der Waals surface area contributed by atoms with Gasteiger partial charge in [-0.2, -0.15) is 0 Å². The standard InChI is InChI=1S/C11H18N2O/c1-8(2)7-10(12)11(14)9-3-5-13-6-4-9/h3-6,8,10-11,14H,7,12H2,1-2H3. The molecule has 0 aliphatic heterocycles. The summed E-state index contributed by atoms with van der Waals surface area (Å²) in [6, 6.07) is 3.40. The van der Waals surface area contributed by atoms with Crippen LogP contribution < -0.4 is 5.73 Å². The fourth-order valence-electron chi connectivity index (χ4n) is 1.48.